The minimum absolute atomic E-state index is 0.0312. The van der Waals surface area contributed by atoms with Crippen LogP contribution in [0.25, 0.3) is 0 Å². The molecule has 3 rings (SSSR count). The van der Waals surface area contributed by atoms with Crippen LogP contribution in [0.2, 0.25) is 0 Å². The topological polar surface area (TPSA) is 35.5 Å². The monoisotopic (exact) mass is 262 g/mol. The van der Waals surface area contributed by atoms with Gasteiger partial charge in [-0.2, -0.15) is 0 Å². The van der Waals surface area contributed by atoms with Crippen LogP contribution in [-0.4, -0.2) is 17.7 Å². The molecule has 2 bridgehead atoms. The SMILES string of the molecule is CCCC1=C(OC(C)=O)[C@H]2CCCC[C@]23C=C[C@H]1O3. The molecule has 19 heavy (non-hydrogen) atoms. The van der Waals surface area contributed by atoms with E-state index in [4.69, 9.17) is 9.47 Å². The van der Waals surface area contributed by atoms with E-state index in [-0.39, 0.29) is 23.6 Å². The molecule has 1 spiro atoms. The molecule has 2 aliphatic heterocycles. The average Bonchev–Trinajstić information content (AvgIpc) is 2.74. The highest BCUT2D eigenvalue weighted by atomic mass is 16.6. The Balaban J connectivity index is 2.02. The van der Waals surface area contributed by atoms with Crippen molar-refractivity contribution in [2.45, 2.75) is 64.1 Å². The second-order valence-corrected chi connectivity index (χ2v) is 5.88. The Morgan fingerprint density at radius 2 is 2.37 bits per heavy atom. The number of hydrogen-bond acceptors (Lipinski definition) is 3. The minimum Gasteiger partial charge on any atom is -0.431 e. The summed E-state index contributed by atoms with van der Waals surface area (Å²) in [5.74, 6) is 0.961. The third-order valence-electron chi connectivity index (χ3n) is 4.55. The molecule has 1 fully saturated rings. The van der Waals surface area contributed by atoms with Crippen molar-refractivity contribution in [3.8, 4) is 0 Å². The maximum atomic E-state index is 11.5. The van der Waals surface area contributed by atoms with Gasteiger partial charge in [0.15, 0.2) is 0 Å². The first-order valence-electron chi connectivity index (χ1n) is 7.45. The number of fused-ring (bicyclic) bond motifs is 1. The van der Waals surface area contributed by atoms with E-state index in [2.05, 4.69) is 19.1 Å². The zero-order valence-electron chi connectivity index (χ0n) is 11.8. The molecule has 0 aromatic rings. The molecule has 0 aromatic carbocycles. The highest BCUT2D eigenvalue weighted by Crippen LogP contribution is 2.52. The smallest absolute Gasteiger partial charge is 0.307 e. The highest BCUT2D eigenvalue weighted by Gasteiger charge is 2.52. The normalized spacial score (nSPS) is 36.3. The molecular formula is C16H22O3. The molecule has 3 heteroatoms. The Morgan fingerprint density at radius 3 is 3.11 bits per heavy atom. The number of esters is 1. The van der Waals surface area contributed by atoms with Crippen LogP contribution < -0.4 is 0 Å². The van der Waals surface area contributed by atoms with Crippen LogP contribution in [-0.2, 0) is 14.3 Å². The standard InChI is InChI=1S/C16H22O3/c1-3-6-12-14-8-10-16(19-14)9-5-4-7-13(16)15(12)18-11(2)17/h8,10,13-14H,3-7,9H2,1-2H3/t13-,14-,16+/m1/s1. The van der Waals surface area contributed by atoms with Crippen LogP contribution >= 0.6 is 0 Å². The Hall–Kier alpha value is -1.09. The molecule has 0 saturated heterocycles. The first-order valence-corrected chi connectivity index (χ1v) is 7.45. The van der Waals surface area contributed by atoms with Crippen molar-refractivity contribution in [2.24, 2.45) is 5.92 Å². The van der Waals surface area contributed by atoms with Crippen LogP contribution in [0.4, 0.5) is 0 Å². The fraction of sp³-hybridized carbons (Fsp3) is 0.688. The summed E-state index contributed by atoms with van der Waals surface area (Å²) in [7, 11) is 0. The van der Waals surface area contributed by atoms with E-state index in [0.717, 1.165) is 31.4 Å². The second-order valence-electron chi connectivity index (χ2n) is 5.88. The molecule has 2 heterocycles. The molecule has 104 valence electrons. The van der Waals surface area contributed by atoms with Gasteiger partial charge >= 0.3 is 5.97 Å². The van der Waals surface area contributed by atoms with Crippen molar-refractivity contribution in [3.05, 3.63) is 23.5 Å². The van der Waals surface area contributed by atoms with Gasteiger partial charge in [0, 0.05) is 12.5 Å². The van der Waals surface area contributed by atoms with Crippen LogP contribution in [0.5, 0.6) is 0 Å². The van der Waals surface area contributed by atoms with Crippen molar-refractivity contribution >= 4 is 5.97 Å². The minimum atomic E-state index is -0.203. The molecule has 3 atom stereocenters. The van der Waals surface area contributed by atoms with Gasteiger partial charge in [-0.25, -0.2) is 0 Å². The first-order chi connectivity index (χ1) is 9.16. The number of carbonyl (C=O) groups excluding carboxylic acids is 1. The first kappa shape index (κ1) is 12.9. The summed E-state index contributed by atoms with van der Waals surface area (Å²) in [6.45, 7) is 3.65. The van der Waals surface area contributed by atoms with Gasteiger partial charge in [0.1, 0.15) is 11.9 Å². The molecule has 0 aromatic heterocycles. The molecule has 1 saturated carbocycles. The lowest BCUT2D eigenvalue weighted by atomic mass is 9.73. The van der Waals surface area contributed by atoms with Gasteiger partial charge in [0.2, 0.25) is 0 Å². The van der Waals surface area contributed by atoms with Gasteiger partial charge in [-0.3, -0.25) is 4.79 Å². The summed E-state index contributed by atoms with van der Waals surface area (Å²) in [6, 6.07) is 0. The van der Waals surface area contributed by atoms with Crippen LogP contribution in [0.3, 0.4) is 0 Å². The third-order valence-corrected chi connectivity index (χ3v) is 4.55. The summed E-state index contributed by atoms with van der Waals surface area (Å²) in [6.07, 6.45) is 10.9. The Bertz CT molecular complexity index is 449. The van der Waals surface area contributed by atoms with E-state index in [1.54, 1.807) is 0 Å². The van der Waals surface area contributed by atoms with E-state index >= 15 is 0 Å². The van der Waals surface area contributed by atoms with E-state index in [0.29, 0.717) is 0 Å². The van der Waals surface area contributed by atoms with Crippen molar-refractivity contribution in [1.29, 1.82) is 0 Å². The van der Waals surface area contributed by atoms with Gasteiger partial charge in [-0.05, 0) is 19.3 Å². The maximum Gasteiger partial charge on any atom is 0.307 e. The van der Waals surface area contributed by atoms with Gasteiger partial charge in [0.05, 0.1) is 11.5 Å². The molecule has 0 N–H and O–H groups in total. The molecule has 3 nitrogen and oxygen atoms in total. The molecule has 3 aliphatic rings. The molecular weight excluding hydrogens is 240 g/mol. The van der Waals surface area contributed by atoms with Gasteiger partial charge in [0.25, 0.3) is 0 Å². The van der Waals surface area contributed by atoms with E-state index < -0.39 is 0 Å². The summed E-state index contributed by atoms with van der Waals surface area (Å²) in [4.78, 5) is 11.5. The number of rotatable bonds is 3. The predicted octanol–water partition coefficient (Wildman–Crippen LogP) is 3.50. The fourth-order valence-corrected chi connectivity index (χ4v) is 3.80. The van der Waals surface area contributed by atoms with E-state index in [1.807, 2.05) is 0 Å². The third kappa shape index (κ3) is 2.04. The van der Waals surface area contributed by atoms with Crippen molar-refractivity contribution in [1.82, 2.24) is 0 Å². The molecule has 1 aliphatic carbocycles. The largest absolute Gasteiger partial charge is 0.431 e. The summed E-state index contributed by atoms with van der Waals surface area (Å²) < 4.78 is 11.9. The van der Waals surface area contributed by atoms with Crippen LogP contribution in [0, 0.1) is 5.92 Å². The van der Waals surface area contributed by atoms with Crippen molar-refractivity contribution in [3.63, 3.8) is 0 Å². The van der Waals surface area contributed by atoms with Crippen molar-refractivity contribution < 1.29 is 14.3 Å². The molecule has 0 amide bonds. The van der Waals surface area contributed by atoms with Gasteiger partial charge in [-0.15, -0.1) is 0 Å². The maximum absolute atomic E-state index is 11.5. The van der Waals surface area contributed by atoms with Crippen LogP contribution in [0.15, 0.2) is 23.5 Å². The Labute approximate surface area is 114 Å². The highest BCUT2D eigenvalue weighted by molar-refractivity contribution is 5.68. The number of carbonyl (C=O) groups is 1. The van der Waals surface area contributed by atoms with Gasteiger partial charge in [-0.1, -0.05) is 38.3 Å². The average molecular weight is 262 g/mol. The lowest BCUT2D eigenvalue weighted by Crippen LogP contribution is -2.46. The summed E-state index contributed by atoms with van der Waals surface area (Å²) in [5, 5.41) is 0. The fourth-order valence-electron chi connectivity index (χ4n) is 3.80. The van der Waals surface area contributed by atoms with Crippen molar-refractivity contribution in [2.75, 3.05) is 0 Å². The van der Waals surface area contributed by atoms with E-state index in [1.165, 1.54) is 25.3 Å². The molecule has 0 radical (unpaired) electrons. The molecule has 0 unspecified atom stereocenters. The summed E-state index contributed by atoms with van der Waals surface area (Å²) in [5.41, 5.74) is 0.999. The second kappa shape index (κ2) is 4.78. The number of hydrogen-bond donors (Lipinski definition) is 0. The lowest BCUT2D eigenvalue weighted by molar-refractivity contribution is -0.143. The Kier molecular flexibility index (Phi) is 3.25. The summed E-state index contributed by atoms with van der Waals surface area (Å²) >= 11 is 0. The quantitative estimate of drug-likeness (QED) is 0.577. The lowest BCUT2D eigenvalue weighted by Gasteiger charge is -2.45. The van der Waals surface area contributed by atoms with Crippen LogP contribution in [0.1, 0.15) is 52.4 Å². The zero-order valence-corrected chi connectivity index (χ0v) is 11.8. The predicted molar refractivity (Wildman–Crippen MR) is 72.4 cm³/mol. The van der Waals surface area contributed by atoms with Gasteiger partial charge < -0.3 is 9.47 Å². The zero-order chi connectivity index (χ0) is 13.5. The van der Waals surface area contributed by atoms with E-state index in [9.17, 15) is 4.79 Å². The Morgan fingerprint density at radius 1 is 1.53 bits per heavy atom. The number of ether oxygens (including phenoxy) is 2.